The monoisotopic (exact) mass is 307 g/mol. The second-order valence-corrected chi connectivity index (χ2v) is 6.31. The first-order valence-electron chi connectivity index (χ1n) is 7.32. The fraction of sp³-hybridized carbons (Fsp3) is 0.562. The first-order valence-corrected chi connectivity index (χ1v) is 7.32. The number of carbonyl (C=O) groups is 2. The molecule has 0 saturated carbocycles. The summed E-state index contributed by atoms with van der Waals surface area (Å²) in [6.07, 6.45) is 0.306. The number of nitrogens with one attached hydrogen (secondary N) is 1. The summed E-state index contributed by atoms with van der Waals surface area (Å²) in [5.74, 6) is 0.412. The summed E-state index contributed by atoms with van der Waals surface area (Å²) in [6.45, 7) is 8.83. The average Bonchev–Trinajstić information content (AvgIpc) is 2.34. The van der Waals surface area contributed by atoms with Crippen LogP contribution in [-0.4, -0.2) is 28.5 Å². The summed E-state index contributed by atoms with van der Waals surface area (Å²) in [5, 5.41) is 2.55. The van der Waals surface area contributed by atoms with Crippen molar-refractivity contribution in [3.05, 3.63) is 23.4 Å². The Balaban J connectivity index is 2.49. The molecule has 1 atom stereocenters. The number of aromatic nitrogens is 1. The summed E-state index contributed by atoms with van der Waals surface area (Å²) in [7, 11) is 0. The van der Waals surface area contributed by atoms with Crippen LogP contribution in [-0.2, 0) is 16.0 Å². The number of hydrogen-bond acceptors (Lipinski definition) is 5. The van der Waals surface area contributed by atoms with Gasteiger partial charge in [-0.05, 0) is 52.7 Å². The molecule has 0 spiro atoms. The maximum absolute atomic E-state index is 12.1. The van der Waals surface area contributed by atoms with Crippen LogP contribution in [0.2, 0.25) is 0 Å². The fourth-order valence-corrected chi connectivity index (χ4v) is 1.91. The van der Waals surface area contributed by atoms with E-state index in [9.17, 15) is 9.59 Å². The molecule has 6 nitrogen and oxygen atoms in total. The summed E-state index contributed by atoms with van der Waals surface area (Å²) in [5.41, 5.74) is 6.81. The molecule has 0 fully saturated rings. The Morgan fingerprint density at radius 3 is 2.55 bits per heavy atom. The number of amides is 1. The Kier molecular flexibility index (Phi) is 5.91. The number of pyridine rings is 1. The van der Waals surface area contributed by atoms with Gasteiger partial charge in [-0.2, -0.15) is 0 Å². The van der Waals surface area contributed by atoms with E-state index in [1.165, 1.54) is 0 Å². The molecule has 1 amide bonds. The molecule has 1 aromatic rings. The zero-order valence-corrected chi connectivity index (χ0v) is 13.9. The molecule has 0 bridgehead atoms. The largest absolute Gasteiger partial charge is 0.444 e. The van der Waals surface area contributed by atoms with Crippen molar-refractivity contribution in [3.8, 4) is 0 Å². The maximum atomic E-state index is 12.1. The number of carbonyl (C=O) groups excluding carboxylic acids is 2. The molecular formula is C16H25N3O3. The van der Waals surface area contributed by atoms with Crippen LogP contribution < -0.4 is 11.1 Å². The molecule has 122 valence electrons. The smallest absolute Gasteiger partial charge is 0.408 e. The van der Waals surface area contributed by atoms with Crippen LogP contribution in [0, 0.1) is 6.92 Å². The van der Waals surface area contributed by atoms with Crippen LogP contribution in [0.3, 0.4) is 0 Å². The Hall–Kier alpha value is -2.11. The van der Waals surface area contributed by atoms with Gasteiger partial charge >= 0.3 is 6.09 Å². The lowest BCUT2D eigenvalue weighted by atomic mass is 10.0. The van der Waals surface area contributed by atoms with Gasteiger partial charge < -0.3 is 15.8 Å². The second-order valence-electron chi connectivity index (χ2n) is 6.31. The highest BCUT2D eigenvalue weighted by molar-refractivity contribution is 5.87. The number of nitrogen functional groups attached to an aromatic ring is 1. The van der Waals surface area contributed by atoms with E-state index in [1.54, 1.807) is 33.8 Å². The topological polar surface area (TPSA) is 94.3 Å². The van der Waals surface area contributed by atoms with E-state index in [2.05, 4.69) is 10.3 Å². The first-order chi connectivity index (χ1) is 10.1. The number of rotatable bonds is 5. The lowest BCUT2D eigenvalue weighted by Crippen LogP contribution is -2.41. The molecule has 0 aliphatic heterocycles. The highest BCUT2D eigenvalue weighted by Crippen LogP contribution is 2.11. The van der Waals surface area contributed by atoms with E-state index in [-0.39, 0.29) is 5.78 Å². The molecule has 3 N–H and O–H groups in total. The molecule has 0 aromatic carbocycles. The van der Waals surface area contributed by atoms with Gasteiger partial charge in [-0.1, -0.05) is 6.07 Å². The summed E-state index contributed by atoms with van der Waals surface area (Å²) in [4.78, 5) is 27.9. The van der Waals surface area contributed by atoms with E-state index >= 15 is 0 Å². The van der Waals surface area contributed by atoms with Crippen molar-refractivity contribution in [2.75, 3.05) is 5.73 Å². The third-order valence-corrected chi connectivity index (χ3v) is 3.07. The number of ketones is 1. The molecule has 0 radical (unpaired) electrons. The number of nitrogens with two attached hydrogens (primary N) is 1. The maximum Gasteiger partial charge on any atom is 0.408 e. The highest BCUT2D eigenvalue weighted by atomic mass is 16.6. The van der Waals surface area contributed by atoms with E-state index in [0.717, 1.165) is 11.3 Å². The number of Topliss-reactive ketones (excluding diaryl/α,β-unsaturated/α-hetero) is 1. The zero-order valence-electron chi connectivity index (χ0n) is 13.9. The van der Waals surface area contributed by atoms with E-state index in [0.29, 0.717) is 18.7 Å². The van der Waals surface area contributed by atoms with Gasteiger partial charge in [0.15, 0.2) is 5.78 Å². The quantitative estimate of drug-likeness (QED) is 0.871. The Bertz CT molecular complexity index is 550. The van der Waals surface area contributed by atoms with Gasteiger partial charge in [-0.25, -0.2) is 9.78 Å². The van der Waals surface area contributed by atoms with Gasteiger partial charge in [0.2, 0.25) is 0 Å². The van der Waals surface area contributed by atoms with Gasteiger partial charge in [0.05, 0.1) is 6.04 Å². The standard InChI is InChI=1S/C16H25N3O3/c1-10-12(7-9-14(17)18-10)6-8-13(20)11(2)19-15(21)22-16(3,4)5/h7,9,11H,6,8H2,1-5H3,(H2,17,18)(H,19,21)/t11-/m0/s1. The molecule has 1 aromatic heterocycles. The minimum Gasteiger partial charge on any atom is -0.444 e. The van der Waals surface area contributed by atoms with Crippen molar-refractivity contribution < 1.29 is 14.3 Å². The van der Waals surface area contributed by atoms with Gasteiger partial charge in [0.25, 0.3) is 0 Å². The normalized spacial score (nSPS) is 12.6. The highest BCUT2D eigenvalue weighted by Gasteiger charge is 2.20. The van der Waals surface area contributed by atoms with Crippen LogP contribution in [0.5, 0.6) is 0 Å². The van der Waals surface area contributed by atoms with Gasteiger partial charge in [-0.15, -0.1) is 0 Å². The average molecular weight is 307 g/mol. The molecule has 0 unspecified atom stereocenters. The van der Waals surface area contributed by atoms with Gasteiger partial charge in [0.1, 0.15) is 11.4 Å². The van der Waals surface area contributed by atoms with Crippen LogP contribution in [0.15, 0.2) is 12.1 Å². The number of nitrogens with zero attached hydrogens (tertiary/aromatic N) is 1. The Morgan fingerprint density at radius 2 is 2.00 bits per heavy atom. The molecule has 0 saturated heterocycles. The van der Waals surface area contributed by atoms with Crippen LogP contribution in [0.25, 0.3) is 0 Å². The number of hydrogen-bond donors (Lipinski definition) is 2. The Labute approximate surface area is 131 Å². The van der Waals surface area contributed by atoms with Crippen molar-refractivity contribution in [1.82, 2.24) is 10.3 Å². The second kappa shape index (κ2) is 7.24. The molecule has 6 heteroatoms. The van der Waals surface area contributed by atoms with Crippen molar-refractivity contribution in [3.63, 3.8) is 0 Å². The molecule has 1 rings (SSSR count). The predicted molar refractivity (Wildman–Crippen MR) is 85.5 cm³/mol. The SMILES string of the molecule is Cc1nc(N)ccc1CCC(=O)[C@H](C)NC(=O)OC(C)(C)C. The summed E-state index contributed by atoms with van der Waals surface area (Å²) in [6, 6.07) is 3.00. The van der Waals surface area contributed by atoms with Crippen molar-refractivity contribution in [2.45, 2.75) is 59.1 Å². The first kappa shape index (κ1) is 17.9. The minimum absolute atomic E-state index is 0.0536. The molecule has 0 aliphatic rings. The predicted octanol–water partition coefficient (Wildman–Crippen LogP) is 2.39. The third kappa shape index (κ3) is 6.11. The Morgan fingerprint density at radius 1 is 1.36 bits per heavy atom. The van der Waals surface area contributed by atoms with E-state index in [1.807, 2.05) is 13.0 Å². The molecular weight excluding hydrogens is 282 g/mol. The van der Waals surface area contributed by atoms with Crippen molar-refractivity contribution >= 4 is 17.7 Å². The molecule has 22 heavy (non-hydrogen) atoms. The lowest BCUT2D eigenvalue weighted by molar-refractivity contribution is -0.120. The number of aryl methyl sites for hydroxylation is 2. The zero-order chi connectivity index (χ0) is 16.9. The fourth-order valence-electron chi connectivity index (χ4n) is 1.91. The van der Waals surface area contributed by atoms with Crippen LogP contribution in [0.4, 0.5) is 10.6 Å². The van der Waals surface area contributed by atoms with Gasteiger partial charge in [0, 0.05) is 12.1 Å². The molecule has 1 heterocycles. The van der Waals surface area contributed by atoms with Gasteiger partial charge in [-0.3, -0.25) is 4.79 Å². The van der Waals surface area contributed by atoms with Crippen molar-refractivity contribution in [1.29, 1.82) is 0 Å². The van der Waals surface area contributed by atoms with Crippen molar-refractivity contribution in [2.24, 2.45) is 0 Å². The van der Waals surface area contributed by atoms with E-state index in [4.69, 9.17) is 10.5 Å². The minimum atomic E-state index is -0.586. The number of ether oxygens (including phenoxy) is 1. The number of anilines is 1. The van der Waals surface area contributed by atoms with Crippen LogP contribution in [0.1, 0.15) is 45.4 Å². The van der Waals surface area contributed by atoms with Crippen LogP contribution >= 0.6 is 0 Å². The summed E-state index contributed by atoms with van der Waals surface area (Å²) < 4.78 is 5.13. The summed E-state index contributed by atoms with van der Waals surface area (Å²) >= 11 is 0. The third-order valence-electron chi connectivity index (χ3n) is 3.07. The molecule has 0 aliphatic carbocycles. The lowest BCUT2D eigenvalue weighted by Gasteiger charge is -2.21. The van der Waals surface area contributed by atoms with E-state index < -0.39 is 17.7 Å². The number of alkyl carbamates (subject to hydrolysis) is 1.